The number of aromatic amines is 1. The van der Waals surface area contributed by atoms with Crippen LogP contribution in [0.4, 0.5) is 5.69 Å². The lowest BCUT2D eigenvalue weighted by Gasteiger charge is -2.26. The molecular formula is C20H26N4O3S. The predicted molar refractivity (Wildman–Crippen MR) is 111 cm³/mol. The molecule has 2 heterocycles. The molecule has 1 aromatic heterocycles. The summed E-state index contributed by atoms with van der Waals surface area (Å²) in [5.41, 5.74) is 2.54. The summed E-state index contributed by atoms with van der Waals surface area (Å²) in [6.45, 7) is 6.40. The molecule has 0 bridgehead atoms. The van der Waals surface area contributed by atoms with E-state index in [1.54, 1.807) is 0 Å². The third-order valence-electron chi connectivity index (χ3n) is 4.37. The van der Waals surface area contributed by atoms with E-state index < -0.39 is 0 Å². The SMILES string of the molecule is CCCc1cc(=O)[nH]c(SCC(=O)Nc2ccc(CN3CCOCC3)cc2)n1. The van der Waals surface area contributed by atoms with Crippen molar-refractivity contribution in [3.63, 3.8) is 0 Å². The molecule has 3 rings (SSSR count). The van der Waals surface area contributed by atoms with Gasteiger partial charge in [-0.25, -0.2) is 4.98 Å². The van der Waals surface area contributed by atoms with Crippen LogP contribution in [0.25, 0.3) is 0 Å². The van der Waals surface area contributed by atoms with Gasteiger partial charge < -0.3 is 15.0 Å². The lowest BCUT2D eigenvalue weighted by atomic mass is 10.2. The summed E-state index contributed by atoms with van der Waals surface area (Å²) >= 11 is 1.23. The highest BCUT2D eigenvalue weighted by atomic mass is 32.2. The number of aryl methyl sites for hydroxylation is 1. The first kappa shape index (κ1) is 20.6. The van der Waals surface area contributed by atoms with Crippen molar-refractivity contribution in [1.29, 1.82) is 0 Å². The second kappa shape index (κ2) is 10.4. The number of carbonyl (C=O) groups is 1. The molecule has 0 spiro atoms. The zero-order chi connectivity index (χ0) is 19.8. The number of hydrogen-bond donors (Lipinski definition) is 2. The fourth-order valence-electron chi connectivity index (χ4n) is 2.98. The van der Waals surface area contributed by atoms with Crippen LogP contribution < -0.4 is 10.9 Å². The van der Waals surface area contributed by atoms with E-state index in [2.05, 4.69) is 20.2 Å². The lowest BCUT2D eigenvalue weighted by Crippen LogP contribution is -2.35. The molecule has 150 valence electrons. The van der Waals surface area contributed by atoms with Gasteiger partial charge in [-0.3, -0.25) is 14.5 Å². The van der Waals surface area contributed by atoms with Gasteiger partial charge in [0.1, 0.15) is 0 Å². The number of rotatable bonds is 8. The molecule has 1 saturated heterocycles. The third kappa shape index (κ3) is 6.47. The van der Waals surface area contributed by atoms with Gasteiger partial charge in [0.15, 0.2) is 5.16 Å². The number of hydrogen-bond acceptors (Lipinski definition) is 6. The highest BCUT2D eigenvalue weighted by molar-refractivity contribution is 7.99. The van der Waals surface area contributed by atoms with Gasteiger partial charge in [-0.05, 0) is 24.1 Å². The number of nitrogens with one attached hydrogen (secondary N) is 2. The van der Waals surface area contributed by atoms with E-state index in [-0.39, 0.29) is 17.2 Å². The second-order valence-corrected chi connectivity index (χ2v) is 7.68. The summed E-state index contributed by atoms with van der Waals surface area (Å²) in [4.78, 5) is 33.3. The third-order valence-corrected chi connectivity index (χ3v) is 5.24. The minimum atomic E-state index is -0.183. The van der Waals surface area contributed by atoms with Crippen molar-refractivity contribution in [3.05, 3.63) is 51.9 Å². The van der Waals surface area contributed by atoms with Gasteiger partial charge in [-0.2, -0.15) is 0 Å². The lowest BCUT2D eigenvalue weighted by molar-refractivity contribution is -0.113. The second-order valence-electron chi connectivity index (χ2n) is 6.71. The molecule has 1 amide bonds. The maximum Gasteiger partial charge on any atom is 0.251 e. The van der Waals surface area contributed by atoms with Gasteiger partial charge in [0, 0.05) is 37.1 Å². The number of ether oxygens (including phenoxy) is 1. The minimum absolute atomic E-state index is 0.130. The minimum Gasteiger partial charge on any atom is -0.379 e. The number of amides is 1. The van der Waals surface area contributed by atoms with Crippen LogP contribution in [0.1, 0.15) is 24.6 Å². The van der Waals surface area contributed by atoms with Crippen LogP contribution in [0.15, 0.2) is 40.3 Å². The number of morpholine rings is 1. The van der Waals surface area contributed by atoms with Crippen molar-refractivity contribution in [3.8, 4) is 0 Å². The molecule has 1 aromatic carbocycles. The first-order chi connectivity index (χ1) is 13.6. The molecule has 1 fully saturated rings. The molecule has 8 heteroatoms. The molecule has 28 heavy (non-hydrogen) atoms. The Kier molecular flexibility index (Phi) is 7.64. The number of thioether (sulfide) groups is 1. The summed E-state index contributed by atoms with van der Waals surface area (Å²) in [7, 11) is 0. The highest BCUT2D eigenvalue weighted by Gasteiger charge is 2.11. The molecule has 2 N–H and O–H groups in total. The Hall–Kier alpha value is -2.16. The predicted octanol–water partition coefficient (Wildman–Crippen LogP) is 2.29. The summed E-state index contributed by atoms with van der Waals surface area (Å²) < 4.78 is 5.37. The quantitative estimate of drug-likeness (QED) is 0.520. The van der Waals surface area contributed by atoms with E-state index in [9.17, 15) is 9.59 Å². The number of anilines is 1. The maximum atomic E-state index is 12.2. The van der Waals surface area contributed by atoms with Crippen LogP contribution in [-0.2, 0) is 22.5 Å². The monoisotopic (exact) mass is 402 g/mol. The fraction of sp³-hybridized carbons (Fsp3) is 0.450. The summed E-state index contributed by atoms with van der Waals surface area (Å²) in [6.07, 6.45) is 1.67. The smallest absolute Gasteiger partial charge is 0.251 e. The standard InChI is InChI=1S/C20H26N4O3S/c1-2-3-17-12-18(25)23-20(22-17)28-14-19(26)21-16-6-4-15(5-7-16)13-24-8-10-27-11-9-24/h4-7,12H,2-3,8-11,13-14H2,1H3,(H,21,26)(H,22,23,25). The molecular weight excluding hydrogens is 376 g/mol. The van der Waals surface area contributed by atoms with E-state index in [1.165, 1.54) is 23.4 Å². The van der Waals surface area contributed by atoms with Crippen LogP contribution in [0, 0.1) is 0 Å². The van der Waals surface area contributed by atoms with Crippen molar-refractivity contribution in [1.82, 2.24) is 14.9 Å². The Morgan fingerprint density at radius 3 is 2.75 bits per heavy atom. The van der Waals surface area contributed by atoms with Crippen molar-refractivity contribution in [2.45, 2.75) is 31.5 Å². The maximum absolute atomic E-state index is 12.2. The first-order valence-corrected chi connectivity index (χ1v) is 10.5. The van der Waals surface area contributed by atoms with Gasteiger partial charge >= 0.3 is 0 Å². The Bertz CT molecular complexity index is 832. The number of H-pyrrole nitrogens is 1. The number of benzene rings is 1. The molecule has 0 radical (unpaired) electrons. The van der Waals surface area contributed by atoms with Crippen LogP contribution in [0.2, 0.25) is 0 Å². The van der Waals surface area contributed by atoms with Crippen molar-refractivity contribution >= 4 is 23.4 Å². The number of nitrogens with zero attached hydrogens (tertiary/aromatic N) is 2. The Balaban J connectivity index is 1.48. The summed E-state index contributed by atoms with van der Waals surface area (Å²) in [5, 5.41) is 3.36. The molecule has 0 aliphatic carbocycles. The number of carbonyl (C=O) groups excluding carboxylic acids is 1. The Morgan fingerprint density at radius 2 is 2.04 bits per heavy atom. The van der Waals surface area contributed by atoms with E-state index in [0.717, 1.165) is 57.1 Å². The van der Waals surface area contributed by atoms with Crippen LogP contribution in [0.5, 0.6) is 0 Å². The molecule has 0 unspecified atom stereocenters. The number of aromatic nitrogens is 2. The molecule has 0 atom stereocenters. The van der Waals surface area contributed by atoms with E-state index in [4.69, 9.17) is 4.74 Å². The van der Waals surface area contributed by atoms with E-state index in [0.29, 0.717) is 5.16 Å². The van der Waals surface area contributed by atoms with Crippen LogP contribution in [0.3, 0.4) is 0 Å². The largest absolute Gasteiger partial charge is 0.379 e. The topological polar surface area (TPSA) is 87.3 Å². The molecule has 7 nitrogen and oxygen atoms in total. The Morgan fingerprint density at radius 1 is 1.29 bits per heavy atom. The average molecular weight is 403 g/mol. The molecule has 2 aromatic rings. The van der Waals surface area contributed by atoms with Crippen LogP contribution >= 0.6 is 11.8 Å². The zero-order valence-corrected chi connectivity index (χ0v) is 16.9. The highest BCUT2D eigenvalue weighted by Crippen LogP contribution is 2.15. The van der Waals surface area contributed by atoms with Crippen molar-refractivity contribution in [2.75, 3.05) is 37.4 Å². The van der Waals surface area contributed by atoms with Crippen molar-refractivity contribution < 1.29 is 9.53 Å². The summed E-state index contributed by atoms with van der Waals surface area (Å²) in [6, 6.07) is 9.41. The normalized spacial score (nSPS) is 14.8. The van der Waals surface area contributed by atoms with Gasteiger partial charge in [-0.15, -0.1) is 0 Å². The molecule has 1 aliphatic rings. The van der Waals surface area contributed by atoms with Gasteiger partial charge in [0.2, 0.25) is 5.91 Å². The summed E-state index contributed by atoms with van der Waals surface area (Å²) in [5.74, 6) is 0.0584. The Labute approximate surface area is 168 Å². The fourth-order valence-corrected chi connectivity index (χ4v) is 3.67. The molecule has 0 saturated carbocycles. The van der Waals surface area contributed by atoms with E-state index >= 15 is 0 Å². The first-order valence-electron chi connectivity index (χ1n) is 9.54. The zero-order valence-electron chi connectivity index (χ0n) is 16.1. The van der Waals surface area contributed by atoms with Gasteiger partial charge in [-0.1, -0.05) is 37.2 Å². The van der Waals surface area contributed by atoms with Gasteiger partial charge in [0.25, 0.3) is 5.56 Å². The van der Waals surface area contributed by atoms with Crippen LogP contribution in [-0.4, -0.2) is 52.8 Å². The van der Waals surface area contributed by atoms with Crippen molar-refractivity contribution in [2.24, 2.45) is 0 Å². The van der Waals surface area contributed by atoms with Gasteiger partial charge in [0.05, 0.1) is 19.0 Å². The van der Waals surface area contributed by atoms with E-state index in [1.807, 2.05) is 31.2 Å². The molecule has 1 aliphatic heterocycles. The average Bonchev–Trinajstić information content (AvgIpc) is 2.69.